The Kier molecular flexibility index (Phi) is 6.25. The number of carbonyl (C=O) groups is 3. The van der Waals surface area contributed by atoms with Gasteiger partial charge in [-0.15, -0.1) is 6.58 Å². The Hall–Kier alpha value is -3.61. The molecule has 0 aliphatic heterocycles. The fourth-order valence-corrected chi connectivity index (χ4v) is 4.43. The van der Waals surface area contributed by atoms with Crippen LogP contribution in [0.25, 0.3) is 11.1 Å². The van der Waals surface area contributed by atoms with Crippen LogP contribution < -0.4 is 5.32 Å². The van der Waals surface area contributed by atoms with Crippen LogP contribution in [0.5, 0.6) is 0 Å². The van der Waals surface area contributed by atoms with Gasteiger partial charge in [0.15, 0.2) is 0 Å². The van der Waals surface area contributed by atoms with Crippen LogP contribution in [0.2, 0.25) is 0 Å². The summed E-state index contributed by atoms with van der Waals surface area (Å²) in [5, 5.41) is 11.7. The maximum Gasteiger partial charge on any atom is 0.407 e. The molecule has 2 atom stereocenters. The predicted molar refractivity (Wildman–Crippen MR) is 119 cm³/mol. The second kappa shape index (κ2) is 9.26. The van der Waals surface area contributed by atoms with Gasteiger partial charge in [0.2, 0.25) is 5.91 Å². The molecule has 1 saturated carbocycles. The lowest BCUT2D eigenvalue weighted by Gasteiger charge is -2.19. The van der Waals surface area contributed by atoms with Crippen molar-refractivity contribution >= 4 is 18.0 Å². The Morgan fingerprint density at radius 2 is 1.72 bits per heavy atom. The zero-order chi connectivity index (χ0) is 22.7. The number of aliphatic carboxylic acids is 1. The Morgan fingerprint density at radius 3 is 2.31 bits per heavy atom. The first-order valence-electron chi connectivity index (χ1n) is 10.7. The molecule has 0 radical (unpaired) electrons. The monoisotopic (exact) mass is 434 g/mol. The molecule has 1 fully saturated rings. The van der Waals surface area contributed by atoms with Crippen molar-refractivity contribution < 1.29 is 24.2 Å². The number of hydrogen-bond donors (Lipinski definition) is 2. The molecule has 166 valence electrons. The Morgan fingerprint density at radius 1 is 1.09 bits per heavy atom. The summed E-state index contributed by atoms with van der Waals surface area (Å²) in [7, 11) is 0. The van der Waals surface area contributed by atoms with Crippen molar-refractivity contribution in [3.8, 4) is 11.1 Å². The summed E-state index contributed by atoms with van der Waals surface area (Å²) in [6, 6.07) is 16.3. The van der Waals surface area contributed by atoms with E-state index in [1.54, 1.807) is 0 Å². The van der Waals surface area contributed by atoms with E-state index >= 15 is 0 Å². The van der Waals surface area contributed by atoms with E-state index in [2.05, 4.69) is 36.2 Å². The van der Waals surface area contributed by atoms with Crippen LogP contribution >= 0.6 is 0 Å². The third kappa shape index (κ3) is 4.51. The maximum absolute atomic E-state index is 12.5. The van der Waals surface area contributed by atoms with E-state index in [4.69, 9.17) is 9.84 Å². The van der Waals surface area contributed by atoms with Gasteiger partial charge < -0.3 is 20.1 Å². The van der Waals surface area contributed by atoms with Gasteiger partial charge >= 0.3 is 12.1 Å². The highest BCUT2D eigenvalue weighted by Crippen LogP contribution is 2.44. The van der Waals surface area contributed by atoms with Crippen LogP contribution in [-0.2, 0) is 14.3 Å². The number of nitrogens with one attached hydrogen (secondary N) is 1. The topological polar surface area (TPSA) is 95.9 Å². The Labute approximate surface area is 186 Å². The summed E-state index contributed by atoms with van der Waals surface area (Å²) in [6.45, 7) is 3.96. The van der Waals surface area contributed by atoms with Crippen LogP contribution in [-0.4, -0.2) is 54.2 Å². The third-order valence-corrected chi connectivity index (χ3v) is 6.08. The van der Waals surface area contributed by atoms with Crippen molar-refractivity contribution in [2.45, 2.75) is 12.3 Å². The average molecular weight is 434 g/mol. The molecule has 2 aromatic carbocycles. The molecule has 7 heteroatoms. The maximum atomic E-state index is 12.5. The van der Waals surface area contributed by atoms with Crippen LogP contribution in [0, 0.1) is 11.8 Å². The smallest absolute Gasteiger partial charge is 0.407 e. The zero-order valence-corrected chi connectivity index (χ0v) is 17.7. The first-order chi connectivity index (χ1) is 15.5. The summed E-state index contributed by atoms with van der Waals surface area (Å²) in [6.07, 6.45) is 1.61. The molecule has 4 rings (SSSR count). The van der Waals surface area contributed by atoms with Gasteiger partial charge in [-0.25, -0.2) is 4.79 Å². The minimum atomic E-state index is -1.06. The SMILES string of the molecule is C=CCN(CC(=O)O)C(=O)[C@H]1C[C@H]1CNC(=O)OCC1c2ccccc2-c2ccccc21. The number of carboxylic acids is 1. The number of alkyl carbamates (subject to hydrolysis) is 1. The molecule has 0 aromatic heterocycles. The molecule has 0 bridgehead atoms. The fraction of sp³-hybridized carbons (Fsp3) is 0.320. The van der Waals surface area contributed by atoms with Gasteiger partial charge in [-0.1, -0.05) is 54.6 Å². The van der Waals surface area contributed by atoms with E-state index in [0.29, 0.717) is 13.0 Å². The second-order valence-electron chi connectivity index (χ2n) is 8.21. The molecule has 2 aliphatic carbocycles. The summed E-state index contributed by atoms with van der Waals surface area (Å²) in [5.74, 6) is -1.57. The average Bonchev–Trinajstić information content (AvgIpc) is 3.50. The predicted octanol–water partition coefficient (Wildman–Crippen LogP) is 3.26. The summed E-state index contributed by atoms with van der Waals surface area (Å²) in [5.41, 5.74) is 4.63. The minimum absolute atomic E-state index is 0.00752. The third-order valence-electron chi connectivity index (χ3n) is 6.08. The van der Waals surface area contributed by atoms with Gasteiger partial charge in [0.05, 0.1) is 0 Å². The first kappa shape index (κ1) is 21.6. The summed E-state index contributed by atoms with van der Waals surface area (Å²) < 4.78 is 5.52. The number of amides is 2. The van der Waals surface area contributed by atoms with Crippen molar-refractivity contribution in [1.82, 2.24) is 10.2 Å². The highest BCUT2D eigenvalue weighted by atomic mass is 16.5. The lowest BCUT2D eigenvalue weighted by molar-refractivity contribution is -0.144. The molecular formula is C25H26N2O5. The van der Waals surface area contributed by atoms with E-state index in [1.807, 2.05) is 24.3 Å². The molecule has 2 amide bonds. The molecule has 2 N–H and O–H groups in total. The van der Waals surface area contributed by atoms with E-state index in [1.165, 1.54) is 22.1 Å². The quantitative estimate of drug-likeness (QED) is 0.591. The van der Waals surface area contributed by atoms with Gasteiger partial charge in [-0.3, -0.25) is 9.59 Å². The van der Waals surface area contributed by atoms with Crippen molar-refractivity contribution in [2.24, 2.45) is 11.8 Å². The number of ether oxygens (including phenoxy) is 1. The second-order valence-corrected chi connectivity index (χ2v) is 8.21. The van der Waals surface area contributed by atoms with E-state index in [0.717, 1.165) is 11.1 Å². The number of rotatable bonds is 9. The van der Waals surface area contributed by atoms with Crippen LogP contribution in [0.3, 0.4) is 0 Å². The number of nitrogens with zero attached hydrogens (tertiary/aromatic N) is 1. The van der Waals surface area contributed by atoms with Crippen LogP contribution in [0.15, 0.2) is 61.2 Å². The molecule has 0 heterocycles. The van der Waals surface area contributed by atoms with Gasteiger partial charge in [0.25, 0.3) is 0 Å². The van der Waals surface area contributed by atoms with Crippen LogP contribution in [0.1, 0.15) is 23.5 Å². The van der Waals surface area contributed by atoms with E-state index in [-0.39, 0.29) is 43.4 Å². The van der Waals surface area contributed by atoms with Gasteiger partial charge in [0.1, 0.15) is 13.2 Å². The number of benzene rings is 2. The lowest BCUT2D eigenvalue weighted by Crippen LogP contribution is -2.37. The summed E-state index contributed by atoms with van der Waals surface area (Å²) >= 11 is 0. The molecule has 7 nitrogen and oxygen atoms in total. The lowest BCUT2D eigenvalue weighted by atomic mass is 9.98. The van der Waals surface area contributed by atoms with Gasteiger partial charge in [0, 0.05) is 24.9 Å². The first-order valence-corrected chi connectivity index (χ1v) is 10.7. The van der Waals surface area contributed by atoms with Crippen molar-refractivity contribution in [2.75, 3.05) is 26.2 Å². The van der Waals surface area contributed by atoms with E-state index in [9.17, 15) is 14.4 Å². The molecule has 0 saturated heterocycles. The fourth-order valence-electron chi connectivity index (χ4n) is 4.43. The molecule has 32 heavy (non-hydrogen) atoms. The number of carbonyl (C=O) groups excluding carboxylic acids is 2. The number of carboxylic acid groups (broad SMARTS) is 1. The molecule has 0 unspecified atom stereocenters. The molecule has 0 spiro atoms. The summed E-state index contributed by atoms with van der Waals surface area (Å²) in [4.78, 5) is 37.0. The van der Waals surface area contributed by atoms with Gasteiger partial charge in [-0.2, -0.15) is 0 Å². The molecule has 2 aromatic rings. The largest absolute Gasteiger partial charge is 0.480 e. The van der Waals surface area contributed by atoms with Crippen molar-refractivity contribution in [3.05, 3.63) is 72.3 Å². The number of hydrogen-bond acceptors (Lipinski definition) is 4. The van der Waals surface area contributed by atoms with E-state index < -0.39 is 12.1 Å². The molecular weight excluding hydrogens is 408 g/mol. The molecule has 2 aliphatic rings. The van der Waals surface area contributed by atoms with Gasteiger partial charge in [-0.05, 0) is 34.6 Å². The minimum Gasteiger partial charge on any atom is -0.480 e. The Bertz CT molecular complexity index is 1000. The highest BCUT2D eigenvalue weighted by molar-refractivity contribution is 5.85. The normalized spacial score (nSPS) is 18.2. The highest BCUT2D eigenvalue weighted by Gasteiger charge is 2.45. The number of fused-ring (bicyclic) bond motifs is 3. The Balaban J connectivity index is 1.28. The standard InChI is InChI=1S/C25H26N2O5/c1-2-11-27(14-23(28)29)24(30)21-12-16(21)13-26-25(31)32-15-22-19-9-5-3-7-17(19)18-8-4-6-10-20(18)22/h2-10,16,21-22H,1,11-15H2,(H,26,31)(H,28,29)/t16-,21-/m0/s1. The zero-order valence-electron chi connectivity index (χ0n) is 17.7. The van der Waals surface area contributed by atoms with Crippen molar-refractivity contribution in [1.29, 1.82) is 0 Å². The van der Waals surface area contributed by atoms with Crippen molar-refractivity contribution in [3.63, 3.8) is 0 Å². The van der Waals surface area contributed by atoms with Crippen LogP contribution in [0.4, 0.5) is 4.79 Å².